The zero-order chi connectivity index (χ0) is 23.8. The highest BCUT2D eigenvalue weighted by Crippen LogP contribution is 2.31. The number of carbonyl (C=O) groups is 2. The van der Waals surface area contributed by atoms with Crippen LogP contribution in [-0.4, -0.2) is 36.0 Å². The van der Waals surface area contributed by atoms with Gasteiger partial charge in [0.05, 0.1) is 9.80 Å². The number of aryl methyl sites for hydroxylation is 1. The summed E-state index contributed by atoms with van der Waals surface area (Å²) in [5.41, 5.74) is 4.15. The van der Waals surface area contributed by atoms with Crippen LogP contribution < -0.4 is 10.3 Å². The van der Waals surface area contributed by atoms with Gasteiger partial charge in [-0.15, -0.1) is 4.83 Å². The standard InChI is InChI=1S/C23H23N3O4S3/c1-17-12-14-19(15-13-17)33(29,30)25-24-21(27)11-6-16-26-22(28)20(32-23(26)31)10-5-9-18-7-3-2-4-8-18/h2-5,7-10,12-15,25H,6,11,16H2,1H3,(H,24,27)/b9-5+,20-10-. The molecular weight excluding hydrogens is 478 g/mol. The Morgan fingerprint density at radius 1 is 1.12 bits per heavy atom. The van der Waals surface area contributed by atoms with Gasteiger partial charge in [-0.3, -0.25) is 19.9 Å². The van der Waals surface area contributed by atoms with Crippen molar-refractivity contribution in [1.82, 2.24) is 15.2 Å². The average molecular weight is 502 g/mol. The minimum Gasteiger partial charge on any atom is -0.293 e. The first kappa shape index (κ1) is 24.8. The second-order valence-corrected chi connectivity index (χ2v) is 10.6. The lowest BCUT2D eigenvalue weighted by Gasteiger charge is -2.14. The van der Waals surface area contributed by atoms with Gasteiger partial charge < -0.3 is 0 Å². The number of hydrogen-bond donors (Lipinski definition) is 2. The zero-order valence-electron chi connectivity index (χ0n) is 17.9. The largest absolute Gasteiger partial charge is 0.293 e. The highest BCUT2D eigenvalue weighted by molar-refractivity contribution is 8.26. The molecule has 3 rings (SSSR count). The minimum atomic E-state index is -3.85. The second kappa shape index (κ2) is 11.4. The maximum atomic E-state index is 12.6. The number of hydrogen-bond acceptors (Lipinski definition) is 6. The van der Waals surface area contributed by atoms with Gasteiger partial charge in [-0.1, -0.05) is 84.2 Å². The third-order valence-corrected chi connectivity index (χ3v) is 7.31. The summed E-state index contributed by atoms with van der Waals surface area (Å²) >= 11 is 6.51. The first-order valence-corrected chi connectivity index (χ1v) is 12.8. The Hall–Kier alpha value is -2.79. The van der Waals surface area contributed by atoms with Gasteiger partial charge in [-0.25, -0.2) is 8.42 Å². The highest BCUT2D eigenvalue weighted by atomic mass is 32.2. The maximum absolute atomic E-state index is 12.6. The molecule has 0 saturated carbocycles. The molecule has 7 nitrogen and oxygen atoms in total. The van der Waals surface area contributed by atoms with Crippen LogP contribution in [0.1, 0.15) is 24.0 Å². The number of thioether (sulfide) groups is 1. The van der Waals surface area contributed by atoms with Crippen LogP contribution in [0.15, 0.2) is 76.5 Å². The summed E-state index contributed by atoms with van der Waals surface area (Å²) in [6.45, 7) is 2.11. The molecule has 1 aliphatic heterocycles. The van der Waals surface area contributed by atoms with Gasteiger partial charge in [0.2, 0.25) is 5.91 Å². The first-order chi connectivity index (χ1) is 15.8. The molecule has 2 amide bonds. The lowest BCUT2D eigenvalue weighted by Crippen LogP contribution is -2.41. The van der Waals surface area contributed by atoms with Crippen molar-refractivity contribution in [2.45, 2.75) is 24.7 Å². The van der Waals surface area contributed by atoms with Gasteiger partial charge in [0.1, 0.15) is 4.32 Å². The third kappa shape index (κ3) is 7.10. The van der Waals surface area contributed by atoms with Crippen LogP contribution in [0.25, 0.3) is 6.08 Å². The van der Waals surface area contributed by atoms with Gasteiger partial charge in [0.15, 0.2) is 0 Å². The van der Waals surface area contributed by atoms with Crippen LogP contribution in [0.5, 0.6) is 0 Å². The fraction of sp³-hybridized carbons (Fsp3) is 0.174. The number of hydrazine groups is 1. The fourth-order valence-electron chi connectivity index (χ4n) is 2.88. The molecular formula is C23H23N3O4S3. The van der Waals surface area contributed by atoms with Gasteiger partial charge in [-0.05, 0) is 37.1 Å². The topological polar surface area (TPSA) is 95.6 Å². The second-order valence-electron chi connectivity index (χ2n) is 7.20. The van der Waals surface area contributed by atoms with Crippen molar-refractivity contribution >= 4 is 56.2 Å². The Kier molecular flexibility index (Phi) is 8.56. The van der Waals surface area contributed by atoms with E-state index in [0.717, 1.165) is 11.1 Å². The Morgan fingerprint density at radius 3 is 2.52 bits per heavy atom. The first-order valence-electron chi connectivity index (χ1n) is 10.1. The van der Waals surface area contributed by atoms with Crippen LogP contribution in [0.4, 0.5) is 0 Å². The van der Waals surface area contributed by atoms with E-state index in [0.29, 0.717) is 15.6 Å². The Balaban J connectivity index is 1.46. The zero-order valence-corrected chi connectivity index (χ0v) is 20.3. The van der Waals surface area contributed by atoms with Crippen molar-refractivity contribution in [1.29, 1.82) is 0 Å². The summed E-state index contributed by atoms with van der Waals surface area (Å²) in [7, 11) is -3.85. The summed E-state index contributed by atoms with van der Waals surface area (Å²) < 4.78 is 24.9. The monoisotopic (exact) mass is 501 g/mol. The van der Waals surface area contributed by atoms with Crippen LogP contribution in [0, 0.1) is 6.92 Å². The molecule has 1 aliphatic rings. The molecule has 0 radical (unpaired) electrons. The molecule has 172 valence electrons. The third-order valence-electron chi connectivity index (χ3n) is 4.65. The van der Waals surface area contributed by atoms with Gasteiger partial charge in [0.25, 0.3) is 15.9 Å². The Morgan fingerprint density at radius 2 is 1.82 bits per heavy atom. The predicted octanol–water partition coefficient (Wildman–Crippen LogP) is 3.54. The van der Waals surface area contributed by atoms with Gasteiger partial charge >= 0.3 is 0 Å². The SMILES string of the molecule is Cc1ccc(S(=O)(=O)NNC(=O)CCCN2C(=O)/C(=C/C=C/c3ccccc3)SC2=S)cc1. The lowest BCUT2D eigenvalue weighted by atomic mass is 10.2. The summed E-state index contributed by atoms with van der Waals surface area (Å²) in [5.74, 6) is -0.708. The number of rotatable bonds is 9. The molecule has 0 spiro atoms. The van der Waals surface area contributed by atoms with E-state index in [2.05, 4.69) is 10.3 Å². The molecule has 0 unspecified atom stereocenters. The molecule has 1 heterocycles. The number of sulfonamides is 1. The van der Waals surface area contributed by atoms with E-state index in [1.165, 1.54) is 28.8 Å². The van der Waals surface area contributed by atoms with Crippen LogP contribution in [0.2, 0.25) is 0 Å². The van der Waals surface area contributed by atoms with Crippen molar-refractivity contribution in [2.75, 3.05) is 6.54 Å². The average Bonchev–Trinajstić information content (AvgIpc) is 3.06. The van der Waals surface area contributed by atoms with Crippen LogP contribution in [-0.2, 0) is 19.6 Å². The van der Waals surface area contributed by atoms with Crippen molar-refractivity contribution < 1.29 is 18.0 Å². The number of nitrogens with zero attached hydrogens (tertiary/aromatic N) is 1. The number of nitrogens with one attached hydrogen (secondary N) is 2. The van der Waals surface area contributed by atoms with Gasteiger partial charge in [0, 0.05) is 13.0 Å². The molecule has 33 heavy (non-hydrogen) atoms. The lowest BCUT2D eigenvalue weighted by molar-refractivity contribution is -0.124. The molecule has 2 aromatic rings. The summed E-state index contributed by atoms with van der Waals surface area (Å²) in [5, 5.41) is 0. The normalized spacial score (nSPS) is 15.5. The molecule has 0 atom stereocenters. The van der Waals surface area contributed by atoms with E-state index in [1.54, 1.807) is 24.3 Å². The van der Waals surface area contributed by atoms with Crippen molar-refractivity contribution in [3.05, 3.63) is 82.8 Å². The number of allylic oxidation sites excluding steroid dienone is 2. The van der Waals surface area contributed by atoms with E-state index in [4.69, 9.17) is 12.2 Å². The van der Waals surface area contributed by atoms with Gasteiger partial charge in [-0.2, -0.15) is 0 Å². The summed E-state index contributed by atoms with van der Waals surface area (Å²) in [6.07, 6.45) is 5.78. The molecule has 10 heteroatoms. The molecule has 2 aromatic carbocycles. The van der Waals surface area contributed by atoms with E-state index in [-0.39, 0.29) is 23.8 Å². The Bertz CT molecular complexity index is 1190. The smallest absolute Gasteiger partial charge is 0.266 e. The van der Waals surface area contributed by atoms with Crippen molar-refractivity contribution in [2.24, 2.45) is 0 Å². The molecule has 0 bridgehead atoms. The van der Waals surface area contributed by atoms with E-state index >= 15 is 0 Å². The molecule has 0 aromatic heterocycles. The number of thiocarbonyl (C=S) groups is 1. The van der Waals surface area contributed by atoms with Crippen molar-refractivity contribution in [3.63, 3.8) is 0 Å². The molecule has 0 aliphatic carbocycles. The Labute approximate surface area is 203 Å². The fourth-order valence-corrected chi connectivity index (χ4v) is 5.00. The maximum Gasteiger partial charge on any atom is 0.266 e. The van der Waals surface area contributed by atoms with E-state index in [9.17, 15) is 18.0 Å². The van der Waals surface area contributed by atoms with Crippen molar-refractivity contribution in [3.8, 4) is 0 Å². The summed E-state index contributed by atoms with van der Waals surface area (Å²) in [6, 6.07) is 16.0. The van der Waals surface area contributed by atoms with Crippen LogP contribution >= 0.6 is 24.0 Å². The number of amides is 2. The highest BCUT2D eigenvalue weighted by Gasteiger charge is 2.31. The quantitative estimate of drug-likeness (QED) is 0.310. The molecule has 2 N–H and O–H groups in total. The van der Waals surface area contributed by atoms with E-state index < -0.39 is 15.9 Å². The summed E-state index contributed by atoms with van der Waals surface area (Å²) in [4.78, 5) is 28.7. The number of carbonyl (C=O) groups excluding carboxylic acids is 2. The minimum absolute atomic E-state index is 0.0282. The number of benzene rings is 2. The van der Waals surface area contributed by atoms with Crippen LogP contribution in [0.3, 0.4) is 0 Å². The molecule has 1 fully saturated rings. The molecule has 1 saturated heterocycles. The predicted molar refractivity (Wildman–Crippen MR) is 134 cm³/mol. The van der Waals surface area contributed by atoms with E-state index in [1.807, 2.05) is 43.3 Å².